The van der Waals surface area contributed by atoms with Gasteiger partial charge in [-0.05, 0) is 42.4 Å². The summed E-state index contributed by atoms with van der Waals surface area (Å²) in [6.45, 7) is 3.32. The second-order valence-electron chi connectivity index (χ2n) is 7.02. The molecule has 4 aromatic rings. The predicted molar refractivity (Wildman–Crippen MR) is 120 cm³/mol. The van der Waals surface area contributed by atoms with Gasteiger partial charge in [0.15, 0.2) is 10.9 Å². The van der Waals surface area contributed by atoms with Gasteiger partial charge in [-0.15, -0.1) is 0 Å². The predicted octanol–water partition coefficient (Wildman–Crippen LogP) is 4.43. The number of aryl methyl sites for hydroxylation is 1. The first-order valence-corrected chi connectivity index (χ1v) is 9.88. The van der Waals surface area contributed by atoms with Gasteiger partial charge in [0.1, 0.15) is 5.82 Å². The number of anilines is 2. The summed E-state index contributed by atoms with van der Waals surface area (Å²) in [7, 11) is 0. The Morgan fingerprint density at radius 1 is 1.00 bits per heavy atom. The molecule has 8 heteroatoms. The standard InChI is InChI=1S/C22H21FN6S/c1-16-3-2-4-18(11-16)14-28-10-9-21(27-28)26-22(30)25-20-12-24-29(15-20)13-17-5-7-19(23)8-6-17/h2-12,15H,13-14H2,1H3,(H2,25,26,27,30). The summed E-state index contributed by atoms with van der Waals surface area (Å²) in [6, 6.07) is 16.6. The molecular formula is C22H21FN6S. The fourth-order valence-corrected chi connectivity index (χ4v) is 3.31. The average Bonchev–Trinajstić information content (AvgIpc) is 3.33. The summed E-state index contributed by atoms with van der Waals surface area (Å²) in [5.41, 5.74) is 4.14. The Balaban J connectivity index is 1.31. The van der Waals surface area contributed by atoms with Crippen LogP contribution in [0.4, 0.5) is 15.9 Å². The Hall–Kier alpha value is -3.52. The fourth-order valence-electron chi connectivity index (χ4n) is 3.08. The van der Waals surface area contributed by atoms with Gasteiger partial charge in [0, 0.05) is 18.5 Å². The molecule has 0 amide bonds. The summed E-state index contributed by atoms with van der Waals surface area (Å²) < 4.78 is 16.6. The van der Waals surface area contributed by atoms with E-state index in [0.717, 1.165) is 11.3 Å². The van der Waals surface area contributed by atoms with E-state index in [0.29, 0.717) is 24.0 Å². The lowest BCUT2D eigenvalue weighted by atomic mass is 10.1. The van der Waals surface area contributed by atoms with Crippen LogP contribution in [0.15, 0.2) is 73.2 Å². The summed E-state index contributed by atoms with van der Waals surface area (Å²) >= 11 is 5.38. The Kier molecular flexibility index (Phi) is 5.85. The molecule has 2 aromatic carbocycles. The van der Waals surface area contributed by atoms with Crippen LogP contribution < -0.4 is 10.6 Å². The molecule has 30 heavy (non-hydrogen) atoms. The maximum Gasteiger partial charge on any atom is 0.176 e. The van der Waals surface area contributed by atoms with Crippen LogP contribution in [0, 0.1) is 12.7 Å². The molecule has 4 rings (SSSR count). The molecular weight excluding hydrogens is 399 g/mol. The first-order valence-electron chi connectivity index (χ1n) is 9.47. The maximum absolute atomic E-state index is 13.0. The van der Waals surface area contributed by atoms with Crippen molar-refractivity contribution in [3.05, 3.63) is 95.7 Å². The van der Waals surface area contributed by atoms with Gasteiger partial charge in [-0.3, -0.25) is 9.36 Å². The third kappa shape index (κ3) is 5.30. The molecule has 0 spiro atoms. The molecule has 6 nitrogen and oxygen atoms in total. The van der Waals surface area contributed by atoms with Crippen molar-refractivity contribution in [3.8, 4) is 0 Å². The van der Waals surface area contributed by atoms with Gasteiger partial charge in [-0.1, -0.05) is 42.0 Å². The van der Waals surface area contributed by atoms with Crippen LogP contribution in [0.3, 0.4) is 0 Å². The molecule has 0 unspecified atom stereocenters. The van der Waals surface area contributed by atoms with Crippen molar-refractivity contribution in [2.24, 2.45) is 0 Å². The van der Waals surface area contributed by atoms with Crippen molar-refractivity contribution in [2.75, 3.05) is 10.6 Å². The minimum Gasteiger partial charge on any atom is -0.330 e. The van der Waals surface area contributed by atoms with Crippen LogP contribution in [-0.4, -0.2) is 24.7 Å². The average molecular weight is 421 g/mol. The minimum atomic E-state index is -0.251. The lowest BCUT2D eigenvalue weighted by molar-refractivity contribution is 0.624. The van der Waals surface area contributed by atoms with Gasteiger partial charge in [0.05, 0.1) is 25.0 Å². The molecule has 0 saturated carbocycles. The zero-order valence-electron chi connectivity index (χ0n) is 16.4. The summed E-state index contributed by atoms with van der Waals surface area (Å²) in [5.74, 6) is 0.415. The van der Waals surface area contributed by atoms with Gasteiger partial charge in [-0.25, -0.2) is 4.39 Å². The summed E-state index contributed by atoms with van der Waals surface area (Å²) in [5, 5.41) is 15.4. The van der Waals surface area contributed by atoms with E-state index in [-0.39, 0.29) is 5.82 Å². The molecule has 0 saturated heterocycles. The van der Waals surface area contributed by atoms with Crippen LogP contribution >= 0.6 is 12.2 Å². The third-order valence-corrected chi connectivity index (χ3v) is 4.66. The lowest BCUT2D eigenvalue weighted by Crippen LogP contribution is -2.19. The zero-order chi connectivity index (χ0) is 20.9. The van der Waals surface area contributed by atoms with Gasteiger partial charge in [0.2, 0.25) is 0 Å². The van der Waals surface area contributed by atoms with Crippen molar-refractivity contribution in [3.63, 3.8) is 0 Å². The number of aromatic nitrogens is 4. The second kappa shape index (κ2) is 8.87. The monoisotopic (exact) mass is 420 g/mol. The first-order chi connectivity index (χ1) is 14.5. The van der Waals surface area contributed by atoms with Crippen LogP contribution in [0.2, 0.25) is 0 Å². The van der Waals surface area contributed by atoms with E-state index in [9.17, 15) is 4.39 Å². The first kappa shape index (κ1) is 19.8. The molecule has 2 N–H and O–H groups in total. The van der Waals surface area contributed by atoms with Gasteiger partial charge >= 0.3 is 0 Å². The lowest BCUT2D eigenvalue weighted by Gasteiger charge is -2.07. The number of halogens is 1. The normalized spacial score (nSPS) is 10.7. The van der Waals surface area contributed by atoms with Crippen molar-refractivity contribution in [1.82, 2.24) is 19.6 Å². The van der Waals surface area contributed by atoms with Crippen LogP contribution in [0.25, 0.3) is 0 Å². The number of thiocarbonyl (C=S) groups is 1. The Bertz CT molecular complexity index is 1150. The molecule has 0 radical (unpaired) electrons. The van der Waals surface area contributed by atoms with Crippen LogP contribution in [-0.2, 0) is 13.1 Å². The topological polar surface area (TPSA) is 59.7 Å². The van der Waals surface area contributed by atoms with E-state index in [1.807, 2.05) is 29.2 Å². The number of rotatable bonds is 6. The third-order valence-electron chi connectivity index (χ3n) is 4.46. The molecule has 0 fully saturated rings. The van der Waals surface area contributed by atoms with E-state index >= 15 is 0 Å². The minimum absolute atomic E-state index is 0.251. The number of nitrogens with zero attached hydrogens (tertiary/aromatic N) is 4. The number of benzene rings is 2. The maximum atomic E-state index is 13.0. The zero-order valence-corrected chi connectivity index (χ0v) is 17.2. The number of hydrogen-bond acceptors (Lipinski definition) is 3. The summed E-state index contributed by atoms with van der Waals surface area (Å²) in [4.78, 5) is 0. The number of nitrogens with one attached hydrogen (secondary N) is 2. The van der Waals surface area contributed by atoms with E-state index in [1.54, 1.807) is 23.0 Å². The molecule has 152 valence electrons. The van der Waals surface area contributed by atoms with Gasteiger partial charge in [0.25, 0.3) is 0 Å². The molecule has 2 aromatic heterocycles. The highest BCUT2D eigenvalue weighted by atomic mass is 32.1. The quantitative estimate of drug-likeness (QED) is 0.452. The SMILES string of the molecule is Cc1cccc(Cn2ccc(NC(=S)Nc3cnn(Cc4ccc(F)cc4)c3)n2)c1. The molecule has 0 aliphatic heterocycles. The van der Waals surface area contributed by atoms with Crippen LogP contribution in [0.5, 0.6) is 0 Å². The Morgan fingerprint density at radius 3 is 2.60 bits per heavy atom. The highest BCUT2D eigenvalue weighted by molar-refractivity contribution is 7.80. The van der Waals surface area contributed by atoms with E-state index in [4.69, 9.17) is 12.2 Å². The molecule has 0 aliphatic carbocycles. The van der Waals surface area contributed by atoms with E-state index in [1.165, 1.54) is 23.3 Å². The van der Waals surface area contributed by atoms with Crippen molar-refractivity contribution in [2.45, 2.75) is 20.0 Å². The van der Waals surface area contributed by atoms with Crippen LogP contribution in [0.1, 0.15) is 16.7 Å². The summed E-state index contributed by atoms with van der Waals surface area (Å²) in [6.07, 6.45) is 5.44. The second-order valence-corrected chi connectivity index (χ2v) is 7.43. The van der Waals surface area contributed by atoms with E-state index in [2.05, 4.69) is 46.0 Å². The number of hydrogen-bond donors (Lipinski definition) is 2. The van der Waals surface area contributed by atoms with Crippen molar-refractivity contribution in [1.29, 1.82) is 0 Å². The van der Waals surface area contributed by atoms with Crippen molar-refractivity contribution < 1.29 is 4.39 Å². The Morgan fingerprint density at radius 2 is 1.80 bits per heavy atom. The van der Waals surface area contributed by atoms with Gasteiger partial charge in [-0.2, -0.15) is 10.2 Å². The fraction of sp³-hybridized carbons (Fsp3) is 0.136. The Labute approximate surface area is 179 Å². The van der Waals surface area contributed by atoms with Gasteiger partial charge < -0.3 is 10.6 Å². The molecule has 0 bridgehead atoms. The molecule has 2 heterocycles. The molecule has 0 atom stereocenters. The highest BCUT2D eigenvalue weighted by Gasteiger charge is 2.06. The largest absolute Gasteiger partial charge is 0.330 e. The smallest absolute Gasteiger partial charge is 0.176 e. The molecule has 0 aliphatic rings. The van der Waals surface area contributed by atoms with Crippen molar-refractivity contribution >= 4 is 28.8 Å². The van der Waals surface area contributed by atoms with E-state index < -0.39 is 0 Å². The highest BCUT2D eigenvalue weighted by Crippen LogP contribution is 2.11.